The maximum atomic E-state index is 13.8. The number of rotatable bonds is 7. The van der Waals surface area contributed by atoms with E-state index in [0.29, 0.717) is 35.1 Å². The minimum atomic E-state index is -4.45. The molecule has 1 saturated heterocycles. The second kappa shape index (κ2) is 12.3. The second-order valence-corrected chi connectivity index (χ2v) is 13.4. The monoisotopic (exact) mass is 653 g/mol. The Morgan fingerprint density at radius 3 is 2.59 bits per heavy atom. The summed E-state index contributed by atoms with van der Waals surface area (Å²) in [5.41, 5.74) is -0.970. The second-order valence-electron chi connectivity index (χ2n) is 9.78. The summed E-state index contributed by atoms with van der Waals surface area (Å²) in [4.78, 5) is 20.7. The van der Waals surface area contributed by atoms with Crippen LogP contribution in [0.2, 0.25) is 10.0 Å². The predicted octanol–water partition coefficient (Wildman–Crippen LogP) is 6.16. The van der Waals surface area contributed by atoms with Gasteiger partial charge in [0, 0.05) is 17.0 Å². The number of benzene rings is 1. The van der Waals surface area contributed by atoms with Crippen molar-refractivity contribution in [2.75, 3.05) is 19.8 Å². The van der Waals surface area contributed by atoms with Crippen LogP contribution in [0.3, 0.4) is 0 Å². The molecular formula is C25H28Cl2F3N5O4S2. The van der Waals surface area contributed by atoms with Gasteiger partial charge < -0.3 is 19.2 Å². The zero-order valence-electron chi connectivity index (χ0n) is 22.7. The maximum absolute atomic E-state index is 13.8. The molecule has 0 bridgehead atoms. The molecule has 3 aromatic rings. The molecule has 1 aliphatic heterocycles. The van der Waals surface area contributed by atoms with Crippen molar-refractivity contribution in [1.29, 1.82) is 0 Å². The number of carbonyl (C=O) groups excluding carboxylic acids is 1. The first-order chi connectivity index (χ1) is 19.1. The van der Waals surface area contributed by atoms with Crippen LogP contribution in [-0.4, -0.2) is 74.5 Å². The van der Waals surface area contributed by atoms with Crippen LogP contribution in [0.25, 0.3) is 21.3 Å². The summed E-state index contributed by atoms with van der Waals surface area (Å²) in [6, 6.07) is 1.17. The highest BCUT2D eigenvalue weighted by molar-refractivity contribution is 8.13. The zero-order valence-corrected chi connectivity index (χ0v) is 25.8. The lowest BCUT2D eigenvalue weighted by Crippen LogP contribution is -2.47. The number of aliphatic hydroxyl groups is 1. The van der Waals surface area contributed by atoms with E-state index < -0.39 is 28.5 Å². The van der Waals surface area contributed by atoms with Gasteiger partial charge in [0.05, 0.1) is 34.2 Å². The summed E-state index contributed by atoms with van der Waals surface area (Å²) in [5, 5.41) is 20.0. The molecule has 1 fully saturated rings. The van der Waals surface area contributed by atoms with Gasteiger partial charge in [0.15, 0.2) is 5.01 Å². The molecule has 1 aromatic carbocycles. The SMILES string of the molecule is C/C=S(/N[C@@H](C)C(F)(F)F)c1ccc(-c2sc(-c3nnc(C(C)(C)O)o3)nc2C(=O)N2CCOC[C@@H]2C)c(Cl)c1Cl. The average Bonchev–Trinajstić information content (AvgIpc) is 3.56. The summed E-state index contributed by atoms with van der Waals surface area (Å²) in [6.45, 7) is 8.55. The third-order valence-corrected chi connectivity index (χ3v) is 10.1. The largest absolute Gasteiger partial charge is 0.415 e. The van der Waals surface area contributed by atoms with Crippen molar-refractivity contribution in [2.45, 2.75) is 63.4 Å². The molecule has 1 amide bonds. The van der Waals surface area contributed by atoms with Crippen LogP contribution in [0.1, 0.15) is 51.0 Å². The Balaban J connectivity index is 1.81. The molecule has 0 aliphatic carbocycles. The first kappa shape index (κ1) is 31.9. The van der Waals surface area contributed by atoms with Crippen LogP contribution in [0, 0.1) is 0 Å². The Hall–Kier alpha value is -2.07. The topological polar surface area (TPSA) is 114 Å². The number of aromatic nitrogens is 3. The number of halogens is 5. The molecule has 0 saturated carbocycles. The Morgan fingerprint density at radius 2 is 2.00 bits per heavy atom. The molecule has 9 nitrogen and oxygen atoms in total. The van der Waals surface area contributed by atoms with Gasteiger partial charge in [-0.2, -0.15) is 13.2 Å². The van der Waals surface area contributed by atoms with Gasteiger partial charge in [-0.15, -0.1) is 21.5 Å². The Labute approximate surface area is 251 Å². The van der Waals surface area contributed by atoms with E-state index in [2.05, 4.69) is 19.9 Å². The molecule has 224 valence electrons. The van der Waals surface area contributed by atoms with Crippen molar-refractivity contribution >= 4 is 56.5 Å². The highest BCUT2D eigenvalue weighted by Crippen LogP contribution is 2.45. The molecule has 3 heterocycles. The summed E-state index contributed by atoms with van der Waals surface area (Å²) >= 11 is 14.4. The van der Waals surface area contributed by atoms with E-state index in [4.69, 9.17) is 32.4 Å². The quantitative estimate of drug-likeness (QED) is 0.292. The molecule has 2 aromatic heterocycles. The number of morpholine rings is 1. The number of ether oxygens (including phenoxy) is 1. The van der Waals surface area contributed by atoms with Crippen LogP contribution >= 0.6 is 45.2 Å². The highest BCUT2D eigenvalue weighted by atomic mass is 35.5. The van der Waals surface area contributed by atoms with Crippen molar-refractivity contribution in [3.63, 3.8) is 0 Å². The minimum absolute atomic E-state index is 0.00578. The van der Waals surface area contributed by atoms with Gasteiger partial charge in [-0.3, -0.25) is 9.52 Å². The van der Waals surface area contributed by atoms with Crippen LogP contribution in [-0.2, 0) is 10.3 Å². The van der Waals surface area contributed by atoms with E-state index in [1.165, 1.54) is 13.8 Å². The fraction of sp³-hybridized carbons (Fsp3) is 0.480. The third kappa shape index (κ3) is 6.79. The van der Waals surface area contributed by atoms with Crippen LogP contribution in [0.5, 0.6) is 0 Å². The van der Waals surface area contributed by atoms with Gasteiger partial charge in [0.1, 0.15) is 17.3 Å². The lowest BCUT2D eigenvalue weighted by molar-refractivity contribution is -0.146. The molecule has 1 aliphatic rings. The van der Waals surface area contributed by atoms with E-state index in [0.717, 1.165) is 18.3 Å². The van der Waals surface area contributed by atoms with E-state index in [9.17, 15) is 23.1 Å². The standard InChI is InChI=1S/C25H28Cl2F3N5O4S2/c1-6-41(34-13(3)25(28,29)30)15-8-7-14(16(26)17(15)27)19-18(22(36)35-9-10-38-11-12(35)2)31-21(40-19)20-32-33-23(39-20)24(4,5)37/h6-8,12-13,34,37H,9-11H2,1-5H3/t12-,13-,41?/m0/s1. The molecular weight excluding hydrogens is 626 g/mol. The lowest BCUT2D eigenvalue weighted by atomic mass is 10.1. The van der Waals surface area contributed by atoms with Gasteiger partial charge in [-0.25, -0.2) is 4.98 Å². The van der Waals surface area contributed by atoms with E-state index in [1.807, 2.05) is 6.92 Å². The maximum Gasteiger partial charge on any atom is 0.404 e. The van der Waals surface area contributed by atoms with E-state index >= 15 is 0 Å². The fourth-order valence-corrected chi connectivity index (χ4v) is 7.19. The van der Waals surface area contributed by atoms with Gasteiger partial charge in [0.25, 0.3) is 11.8 Å². The summed E-state index contributed by atoms with van der Waals surface area (Å²) in [6.07, 6.45) is -4.45. The number of amides is 1. The summed E-state index contributed by atoms with van der Waals surface area (Å²) in [5.74, 6) is -0.416. The number of alkyl halides is 3. The molecule has 16 heteroatoms. The number of carbonyl (C=O) groups is 1. The minimum Gasteiger partial charge on any atom is -0.415 e. The predicted molar refractivity (Wildman–Crippen MR) is 154 cm³/mol. The normalized spacial score (nSPS) is 18.1. The number of nitrogens with zero attached hydrogens (tertiary/aromatic N) is 4. The first-order valence-corrected chi connectivity index (χ1v) is 15.3. The van der Waals surface area contributed by atoms with Crippen molar-refractivity contribution in [3.8, 4) is 21.3 Å². The smallest absolute Gasteiger partial charge is 0.404 e. The highest BCUT2D eigenvalue weighted by Gasteiger charge is 2.37. The van der Waals surface area contributed by atoms with Crippen molar-refractivity contribution in [1.82, 2.24) is 24.8 Å². The third-order valence-electron chi connectivity index (χ3n) is 6.15. The average molecular weight is 655 g/mol. The van der Waals surface area contributed by atoms with Crippen molar-refractivity contribution in [2.24, 2.45) is 0 Å². The van der Waals surface area contributed by atoms with Crippen LogP contribution in [0.15, 0.2) is 21.4 Å². The molecule has 3 atom stereocenters. The zero-order chi connectivity index (χ0) is 30.3. The summed E-state index contributed by atoms with van der Waals surface area (Å²) < 4.78 is 53.3. The molecule has 1 unspecified atom stereocenters. The molecule has 2 N–H and O–H groups in total. The van der Waals surface area contributed by atoms with Gasteiger partial charge in [0.2, 0.25) is 5.89 Å². The number of nitrogens with one attached hydrogen (secondary N) is 1. The van der Waals surface area contributed by atoms with Crippen LogP contribution < -0.4 is 4.72 Å². The number of hydrogen-bond acceptors (Lipinski definition) is 9. The molecule has 0 radical (unpaired) electrons. The van der Waals surface area contributed by atoms with Gasteiger partial charge in [-0.1, -0.05) is 39.9 Å². The Morgan fingerprint density at radius 1 is 1.29 bits per heavy atom. The van der Waals surface area contributed by atoms with Crippen molar-refractivity contribution in [3.05, 3.63) is 33.8 Å². The lowest BCUT2D eigenvalue weighted by Gasteiger charge is -2.33. The van der Waals surface area contributed by atoms with E-state index in [-0.39, 0.29) is 44.5 Å². The molecule has 0 spiro atoms. The number of thiazole rings is 1. The van der Waals surface area contributed by atoms with Gasteiger partial charge in [-0.05, 0) is 46.1 Å². The van der Waals surface area contributed by atoms with Crippen LogP contribution in [0.4, 0.5) is 13.2 Å². The Bertz CT molecular complexity index is 1470. The Kier molecular flexibility index (Phi) is 9.53. The van der Waals surface area contributed by atoms with Crippen molar-refractivity contribution < 1.29 is 32.2 Å². The first-order valence-electron chi connectivity index (χ1n) is 12.4. The fourth-order valence-electron chi connectivity index (χ4n) is 3.85. The molecule has 4 rings (SSSR count). The summed E-state index contributed by atoms with van der Waals surface area (Å²) in [7, 11) is -1.18. The van der Waals surface area contributed by atoms with Gasteiger partial charge >= 0.3 is 6.18 Å². The molecule has 41 heavy (non-hydrogen) atoms. The van der Waals surface area contributed by atoms with E-state index in [1.54, 1.807) is 29.3 Å². The number of hydrogen-bond donors (Lipinski definition) is 2.